The summed E-state index contributed by atoms with van der Waals surface area (Å²) in [5.74, 6) is 0.520. The normalized spacial score (nSPS) is 16.4. The monoisotopic (exact) mass is 480 g/mol. The van der Waals surface area contributed by atoms with E-state index in [2.05, 4.69) is 27.9 Å². The zero-order valence-corrected chi connectivity index (χ0v) is 17.6. The molecule has 2 amide bonds. The zero-order chi connectivity index (χ0) is 19.6. The second-order valence-electron chi connectivity index (χ2n) is 6.39. The van der Waals surface area contributed by atoms with Crippen LogP contribution >= 0.6 is 22.6 Å². The molecule has 3 rings (SSSR count). The first-order valence-corrected chi connectivity index (χ1v) is 9.60. The van der Waals surface area contributed by atoms with E-state index < -0.39 is 5.92 Å². The van der Waals surface area contributed by atoms with Gasteiger partial charge in [-0.1, -0.05) is 0 Å². The fourth-order valence-corrected chi connectivity index (χ4v) is 3.77. The van der Waals surface area contributed by atoms with Crippen molar-refractivity contribution in [1.82, 2.24) is 0 Å². The molecule has 1 aliphatic heterocycles. The van der Waals surface area contributed by atoms with Crippen molar-refractivity contribution < 1.29 is 19.1 Å². The third-order valence-electron chi connectivity index (χ3n) is 4.62. The molecule has 1 aliphatic rings. The molecule has 7 heteroatoms. The molecule has 2 aromatic rings. The average Bonchev–Trinajstić information content (AvgIpc) is 3.05. The predicted molar refractivity (Wildman–Crippen MR) is 113 cm³/mol. The number of benzene rings is 2. The van der Waals surface area contributed by atoms with Crippen LogP contribution in [-0.2, 0) is 9.59 Å². The largest absolute Gasteiger partial charge is 0.497 e. The fourth-order valence-electron chi connectivity index (χ4n) is 3.13. The summed E-state index contributed by atoms with van der Waals surface area (Å²) in [6.45, 7) is 2.27. The number of methoxy groups -OCH3 is 2. The Balaban J connectivity index is 1.76. The van der Waals surface area contributed by atoms with E-state index in [0.29, 0.717) is 23.7 Å². The van der Waals surface area contributed by atoms with Gasteiger partial charge in [-0.25, -0.2) is 0 Å². The van der Waals surface area contributed by atoms with Gasteiger partial charge in [0.15, 0.2) is 0 Å². The molecule has 0 spiro atoms. The lowest BCUT2D eigenvalue weighted by Crippen LogP contribution is -2.28. The molecule has 2 aromatic carbocycles. The minimum atomic E-state index is -0.414. The van der Waals surface area contributed by atoms with Gasteiger partial charge in [0.2, 0.25) is 11.8 Å². The lowest BCUT2D eigenvalue weighted by molar-refractivity contribution is -0.122. The maximum absolute atomic E-state index is 12.7. The van der Waals surface area contributed by atoms with Gasteiger partial charge < -0.3 is 19.7 Å². The highest BCUT2D eigenvalue weighted by atomic mass is 127. The van der Waals surface area contributed by atoms with Crippen LogP contribution in [0.1, 0.15) is 12.0 Å². The van der Waals surface area contributed by atoms with Gasteiger partial charge in [0, 0.05) is 28.3 Å². The van der Waals surface area contributed by atoms with Crippen LogP contribution in [0, 0.1) is 16.4 Å². The number of carbonyl (C=O) groups excluding carboxylic acids is 2. The van der Waals surface area contributed by atoms with Crippen LogP contribution in [-0.4, -0.2) is 32.6 Å². The molecule has 27 heavy (non-hydrogen) atoms. The lowest BCUT2D eigenvalue weighted by Gasteiger charge is -2.20. The van der Waals surface area contributed by atoms with Crippen LogP contribution in [0.3, 0.4) is 0 Å². The summed E-state index contributed by atoms with van der Waals surface area (Å²) in [7, 11) is 3.12. The highest BCUT2D eigenvalue weighted by Crippen LogP contribution is 2.36. The first-order valence-electron chi connectivity index (χ1n) is 8.52. The highest BCUT2D eigenvalue weighted by molar-refractivity contribution is 14.1. The van der Waals surface area contributed by atoms with Crippen molar-refractivity contribution in [2.45, 2.75) is 13.3 Å². The van der Waals surface area contributed by atoms with E-state index in [9.17, 15) is 9.59 Å². The quantitative estimate of drug-likeness (QED) is 0.665. The molecular formula is C20H21IN2O4. The molecule has 142 valence electrons. The minimum absolute atomic E-state index is 0.0991. The third kappa shape index (κ3) is 4.18. The van der Waals surface area contributed by atoms with Gasteiger partial charge in [-0.2, -0.15) is 0 Å². The molecule has 0 aliphatic carbocycles. The summed E-state index contributed by atoms with van der Waals surface area (Å²) in [4.78, 5) is 26.8. The van der Waals surface area contributed by atoms with Crippen molar-refractivity contribution in [3.8, 4) is 11.5 Å². The van der Waals surface area contributed by atoms with E-state index >= 15 is 0 Å². The summed E-state index contributed by atoms with van der Waals surface area (Å²) in [6.07, 6.45) is 0.171. The van der Waals surface area contributed by atoms with Crippen LogP contribution in [0.4, 0.5) is 11.4 Å². The Hall–Kier alpha value is -2.29. The number of amides is 2. The molecule has 1 saturated heterocycles. The highest BCUT2D eigenvalue weighted by Gasteiger charge is 2.36. The molecule has 1 N–H and O–H groups in total. The number of hydrogen-bond donors (Lipinski definition) is 1. The van der Waals surface area contributed by atoms with E-state index in [1.807, 2.05) is 25.1 Å². The first-order chi connectivity index (χ1) is 12.9. The molecular weight excluding hydrogens is 459 g/mol. The van der Waals surface area contributed by atoms with Crippen molar-refractivity contribution in [1.29, 1.82) is 0 Å². The van der Waals surface area contributed by atoms with Crippen LogP contribution in [0.5, 0.6) is 11.5 Å². The van der Waals surface area contributed by atoms with Gasteiger partial charge in [-0.05, 0) is 65.4 Å². The number of anilines is 2. The van der Waals surface area contributed by atoms with Crippen molar-refractivity contribution in [3.05, 3.63) is 45.5 Å². The summed E-state index contributed by atoms with van der Waals surface area (Å²) in [5.41, 5.74) is 2.41. The standard InChI is InChI=1S/C20H21IN2O4/c1-12-8-14(21)4-6-16(12)22-20(25)13-9-19(24)23(11-13)17-7-5-15(26-2)10-18(17)27-3/h4-8,10,13H,9,11H2,1-3H3,(H,22,25). The van der Waals surface area contributed by atoms with Crippen molar-refractivity contribution in [2.24, 2.45) is 5.92 Å². The number of aryl methyl sites for hydroxylation is 1. The summed E-state index contributed by atoms with van der Waals surface area (Å²) in [5, 5.41) is 2.95. The molecule has 6 nitrogen and oxygen atoms in total. The van der Waals surface area contributed by atoms with E-state index in [1.165, 1.54) is 0 Å². The van der Waals surface area contributed by atoms with Crippen LogP contribution < -0.4 is 19.7 Å². The molecule has 1 fully saturated rings. The zero-order valence-electron chi connectivity index (χ0n) is 15.4. The second-order valence-corrected chi connectivity index (χ2v) is 7.64. The molecule has 0 aromatic heterocycles. The van der Waals surface area contributed by atoms with Gasteiger partial charge >= 0.3 is 0 Å². The van der Waals surface area contributed by atoms with Gasteiger partial charge in [0.25, 0.3) is 0 Å². The molecule has 0 bridgehead atoms. The Labute approximate surface area is 172 Å². The Kier molecular flexibility index (Phi) is 5.88. The van der Waals surface area contributed by atoms with Gasteiger partial charge in [-0.3, -0.25) is 9.59 Å². The topological polar surface area (TPSA) is 67.9 Å². The Bertz CT molecular complexity index is 884. The Morgan fingerprint density at radius 3 is 2.63 bits per heavy atom. The first kappa shape index (κ1) is 19.5. The van der Waals surface area contributed by atoms with Gasteiger partial charge in [0.05, 0.1) is 25.8 Å². The SMILES string of the molecule is COc1ccc(N2CC(C(=O)Nc3ccc(I)cc3C)CC2=O)c(OC)c1. The maximum Gasteiger partial charge on any atom is 0.229 e. The van der Waals surface area contributed by atoms with Crippen molar-refractivity contribution in [2.75, 3.05) is 31.0 Å². The van der Waals surface area contributed by atoms with Gasteiger partial charge in [-0.15, -0.1) is 0 Å². The Morgan fingerprint density at radius 2 is 1.96 bits per heavy atom. The number of nitrogens with one attached hydrogen (secondary N) is 1. The molecule has 1 unspecified atom stereocenters. The summed E-state index contributed by atoms with van der Waals surface area (Å²) >= 11 is 2.23. The second kappa shape index (κ2) is 8.16. The number of carbonyl (C=O) groups is 2. The van der Waals surface area contributed by atoms with Gasteiger partial charge in [0.1, 0.15) is 11.5 Å². The molecule has 1 atom stereocenters. The summed E-state index contributed by atoms with van der Waals surface area (Å²) in [6, 6.07) is 11.1. The predicted octanol–water partition coefficient (Wildman–Crippen LogP) is 3.61. The van der Waals surface area contributed by atoms with Crippen LogP contribution in [0.25, 0.3) is 0 Å². The van der Waals surface area contributed by atoms with E-state index in [4.69, 9.17) is 9.47 Å². The number of ether oxygens (including phenoxy) is 2. The number of halogens is 1. The maximum atomic E-state index is 12.7. The molecule has 0 radical (unpaired) electrons. The molecule has 0 saturated carbocycles. The lowest BCUT2D eigenvalue weighted by atomic mass is 10.1. The average molecular weight is 480 g/mol. The smallest absolute Gasteiger partial charge is 0.229 e. The van der Waals surface area contributed by atoms with E-state index in [-0.39, 0.29) is 18.2 Å². The third-order valence-corrected chi connectivity index (χ3v) is 5.29. The Morgan fingerprint density at radius 1 is 1.19 bits per heavy atom. The van der Waals surface area contributed by atoms with E-state index in [0.717, 1.165) is 14.8 Å². The van der Waals surface area contributed by atoms with E-state index in [1.54, 1.807) is 37.3 Å². The minimum Gasteiger partial charge on any atom is -0.497 e. The number of rotatable bonds is 5. The van der Waals surface area contributed by atoms with Crippen LogP contribution in [0.15, 0.2) is 36.4 Å². The van der Waals surface area contributed by atoms with Crippen molar-refractivity contribution in [3.63, 3.8) is 0 Å². The van der Waals surface area contributed by atoms with Crippen LogP contribution in [0.2, 0.25) is 0 Å². The molecule has 1 heterocycles. The fraction of sp³-hybridized carbons (Fsp3) is 0.300. The number of nitrogens with zero attached hydrogens (tertiary/aromatic N) is 1. The summed E-state index contributed by atoms with van der Waals surface area (Å²) < 4.78 is 11.7. The number of hydrogen-bond acceptors (Lipinski definition) is 4. The van der Waals surface area contributed by atoms with Crippen molar-refractivity contribution >= 4 is 45.8 Å².